The summed E-state index contributed by atoms with van der Waals surface area (Å²) in [5.74, 6) is 0.0364. The molecule has 1 atom stereocenters. The fourth-order valence-corrected chi connectivity index (χ4v) is 4.81. The first-order valence-corrected chi connectivity index (χ1v) is 11.1. The van der Waals surface area contributed by atoms with E-state index in [9.17, 15) is 9.50 Å². The van der Waals surface area contributed by atoms with E-state index in [2.05, 4.69) is 47.1 Å². The molecule has 0 radical (unpaired) electrons. The lowest BCUT2D eigenvalue weighted by Crippen LogP contribution is -2.49. The number of hydrogen-bond donors (Lipinski definition) is 1. The zero-order valence-corrected chi connectivity index (χ0v) is 18.7. The lowest BCUT2D eigenvalue weighted by molar-refractivity contribution is 0.463. The molecule has 1 aliphatic rings. The van der Waals surface area contributed by atoms with Gasteiger partial charge in [0.05, 0.1) is 23.8 Å². The third-order valence-electron chi connectivity index (χ3n) is 6.67. The largest absolute Gasteiger partial charge is 0.508 e. The molecular weight excluding hydrogens is 413 g/mol. The molecule has 0 aliphatic carbocycles. The summed E-state index contributed by atoms with van der Waals surface area (Å²) in [5, 5.41) is 10.1. The number of imidazole rings is 1. The Morgan fingerprint density at radius 1 is 1.00 bits per heavy atom. The first-order valence-electron chi connectivity index (χ1n) is 11.1. The van der Waals surface area contributed by atoms with Crippen molar-refractivity contribution in [1.29, 1.82) is 0 Å². The highest BCUT2D eigenvalue weighted by Crippen LogP contribution is 2.44. The van der Waals surface area contributed by atoms with E-state index in [4.69, 9.17) is 0 Å². The van der Waals surface area contributed by atoms with Gasteiger partial charge in [0, 0.05) is 19.3 Å². The third kappa shape index (κ3) is 3.80. The second kappa shape index (κ2) is 8.24. The van der Waals surface area contributed by atoms with Crippen LogP contribution in [0.5, 0.6) is 5.75 Å². The molecule has 0 fully saturated rings. The summed E-state index contributed by atoms with van der Waals surface area (Å²) >= 11 is 0. The second-order valence-electron chi connectivity index (χ2n) is 8.68. The highest BCUT2D eigenvalue weighted by molar-refractivity contribution is 5.69. The maximum atomic E-state index is 13.6. The number of halogens is 1. The summed E-state index contributed by atoms with van der Waals surface area (Å²) in [6.45, 7) is 2.96. The molecule has 5 heteroatoms. The Morgan fingerprint density at radius 3 is 2.45 bits per heavy atom. The number of aryl methyl sites for hydroxylation is 1. The number of aromatic hydroxyl groups is 1. The van der Waals surface area contributed by atoms with Gasteiger partial charge < -0.3 is 14.6 Å². The van der Waals surface area contributed by atoms with Crippen LogP contribution in [0, 0.1) is 5.82 Å². The molecule has 1 unspecified atom stereocenters. The van der Waals surface area contributed by atoms with E-state index >= 15 is 0 Å². The monoisotopic (exact) mass is 439 g/mol. The van der Waals surface area contributed by atoms with Gasteiger partial charge >= 0.3 is 0 Å². The molecule has 0 spiro atoms. The van der Waals surface area contributed by atoms with Crippen LogP contribution in [0.15, 0.2) is 79.3 Å². The highest BCUT2D eigenvalue weighted by Gasteiger charge is 2.40. The number of anilines is 1. The van der Waals surface area contributed by atoms with E-state index < -0.39 is 5.54 Å². The van der Waals surface area contributed by atoms with Crippen LogP contribution >= 0.6 is 0 Å². The fourth-order valence-electron chi connectivity index (χ4n) is 4.81. The number of rotatable bonds is 4. The molecule has 1 N–H and O–H groups in total. The number of nitrogens with zero attached hydrogens (tertiary/aromatic N) is 3. The molecule has 1 aliphatic heterocycles. The van der Waals surface area contributed by atoms with Crippen molar-refractivity contribution in [2.24, 2.45) is 7.05 Å². The van der Waals surface area contributed by atoms with Gasteiger partial charge in [-0.15, -0.1) is 0 Å². The zero-order valence-electron chi connectivity index (χ0n) is 18.7. The molecule has 33 heavy (non-hydrogen) atoms. The second-order valence-corrected chi connectivity index (χ2v) is 8.68. The number of phenols is 1. The van der Waals surface area contributed by atoms with Crippen molar-refractivity contribution < 1.29 is 9.50 Å². The molecule has 0 amide bonds. The molecule has 3 aromatic carbocycles. The van der Waals surface area contributed by atoms with Crippen LogP contribution in [0.25, 0.3) is 12.2 Å². The lowest BCUT2D eigenvalue weighted by atomic mass is 9.76. The van der Waals surface area contributed by atoms with Crippen LogP contribution in [0.1, 0.15) is 34.9 Å². The van der Waals surface area contributed by atoms with Gasteiger partial charge in [0.2, 0.25) is 0 Å². The predicted octanol–water partition coefficient (Wildman–Crippen LogP) is 5.76. The van der Waals surface area contributed by atoms with E-state index in [0.717, 1.165) is 46.6 Å². The highest BCUT2D eigenvalue weighted by atomic mass is 19.1. The van der Waals surface area contributed by atoms with E-state index in [0.29, 0.717) is 0 Å². The first kappa shape index (κ1) is 21.0. The minimum absolute atomic E-state index is 0.243. The Morgan fingerprint density at radius 2 is 1.76 bits per heavy atom. The molecule has 0 saturated carbocycles. The Balaban J connectivity index is 1.56. The topological polar surface area (TPSA) is 41.3 Å². The van der Waals surface area contributed by atoms with Crippen LogP contribution < -0.4 is 4.90 Å². The fraction of sp³-hybridized carbons (Fsp3) is 0.179. The number of hydrogen-bond acceptors (Lipinski definition) is 3. The van der Waals surface area contributed by atoms with Gasteiger partial charge in [0.15, 0.2) is 0 Å². The van der Waals surface area contributed by atoms with Gasteiger partial charge in [-0.1, -0.05) is 36.4 Å². The van der Waals surface area contributed by atoms with E-state index in [1.165, 1.54) is 12.1 Å². The van der Waals surface area contributed by atoms with Gasteiger partial charge in [-0.05, 0) is 78.1 Å². The third-order valence-corrected chi connectivity index (χ3v) is 6.67. The summed E-state index contributed by atoms with van der Waals surface area (Å²) in [4.78, 5) is 6.48. The van der Waals surface area contributed by atoms with Gasteiger partial charge in [0.25, 0.3) is 0 Å². The normalized spacial score (nSPS) is 18.0. The van der Waals surface area contributed by atoms with Crippen molar-refractivity contribution in [3.8, 4) is 5.75 Å². The summed E-state index contributed by atoms with van der Waals surface area (Å²) < 4.78 is 15.6. The summed E-state index contributed by atoms with van der Waals surface area (Å²) in [6.07, 6.45) is 8.55. The molecule has 4 nitrogen and oxygen atoms in total. The minimum atomic E-state index is -0.469. The Labute approximate surface area is 193 Å². The van der Waals surface area contributed by atoms with Crippen molar-refractivity contribution in [2.45, 2.75) is 18.9 Å². The molecule has 166 valence electrons. The van der Waals surface area contributed by atoms with Crippen LogP contribution in [0.3, 0.4) is 0 Å². The van der Waals surface area contributed by atoms with Crippen LogP contribution in [0.2, 0.25) is 0 Å². The Bertz CT molecular complexity index is 1310. The quantitative estimate of drug-likeness (QED) is 0.439. The van der Waals surface area contributed by atoms with Crippen LogP contribution in [0.4, 0.5) is 10.1 Å². The summed E-state index contributed by atoms with van der Waals surface area (Å²) in [5.41, 5.74) is 6.05. The predicted molar refractivity (Wildman–Crippen MR) is 131 cm³/mol. The number of benzene rings is 3. The molecule has 4 aromatic rings. The van der Waals surface area contributed by atoms with Crippen molar-refractivity contribution in [3.05, 3.63) is 113 Å². The number of aromatic nitrogens is 2. The van der Waals surface area contributed by atoms with Crippen molar-refractivity contribution >= 4 is 17.8 Å². The van der Waals surface area contributed by atoms with Crippen LogP contribution in [-0.4, -0.2) is 21.2 Å². The van der Waals surface area contributed by atoms with Gasteiger partial charge in [0.1, 0.15) is 11.6 Å². The van der Waals surface area contributed by atoms with Crippen molar-refractivity contribution in [1.82, 2.24) is 9.55 Å². The minimum Gasteiger partial charge on any atom is -0.508 e. The van der Waals surface area contributed by atoms with Gasteiger partial charge in [-0.25, -0.2) is 9.37 Å². The van der Waals surface area contributed by atoms with Crippen LogP contribution in [-0.2, 0) is 19.0 Å². The smallest absolute Gasteiger partial charge is 0.123 e. The average Bonchev–Trinajstić information content (AvgIpc) is 3.23. The lowest BCUT2D eigenvalue weighted by Gasteiger charge is -2.48. The van der Waals surface area contributed by atoms with E-state index in [1.807, 2.05) is 48.2 Å². The van der Waals surface area contributed by atoms with E-state index in [-0.39, 0.29) is 11.6 Å². The maximum Gasteiger partial charge on any atom is 0.123 e. The maximum absolute atomic E-state index is 13.6. The Kier molecular flexibility index (Phi) is 5.25. The van der Waals surface area contributed by atoms with Gasteiger partial charge in [-0.2, -0.15) is 0 Å². The molecular formula is C28H26FN3O. The first-order chi connectivity index (χ1) is 15.9. The standard InChI is InChI=1S/C28H26FN3O/c1-28(22-6-3-20(4-7-22)5-10-25-18-30-19-31(25)2)27-14-13-26(33)17-21(27)15-16-32(28)24-11-8-23(29)9-12-24/h3-14,17-19,33H,15-16H2,1-2H3/b10-5+. The van der Waals surface area contributed by atoms with Crippen molar-refractivity contribution in [2.75, 3.05) is 11.4 Å². The Hall–Kier alpha value is -3.86. The zero-order chi connectivity index (χ0) is 23.0. The van der Waals surface area contributed by atoms with E-state index in [1.54, 1.807) is 12.4 Å². The van der Waals surface area contributed by atoms with Gasteiger partial charge in [-0.3, -0.25) is 0 Å². The molecule has 1 aromatic heterocycles. The molecule has 0 saturated heterocycles. The molecule has 2 heterocycles. The van der Waals surface area contributed by atoms with Crippen molar-refractivity contribution in [3.63, 3.8) is 0 Å². The average molecular weight is 440 g/mol. The summed E-state index contributed by atoms with van der Waals surface area (Å²) in [6, 6.07) is 20.9. The SMILES string of the molecule is Cn1cncc1/C=C/c1ccc(C2(C)c3ccc(O)cc3CCN2c2ccc(F)cc2)cc1. The summed E-state index contributed by atoms with van der Waals surface area (Å²) in [7, 11) is 1.97. The molecule has 0 bridgehead atoms. The molecule has 5 rings (SSSR count). The number of phenolic OH excluding ortho intramolecular Hbond substituents is 1. The number of fused-ring (bicyclic) bond motifs is 1.